The highest BCUT2D eigenvalue weighted by molar-refractivity contribution is 6.33. The lowest BCUT2D eigenvalue weighted by molar-refractivity contribution is -0.117. The van der Waals surface area contributed by atoms with Crippen molar-refractivity contribution < 1.29 is 14.3 Å². The van der Waals surface area contributed by atoms with E-state index < -0.39 is 5.97 Å². The molecule has 2 unspecified atom stereocenters. The van der Waals surface area contributed by atoms with Crippen LogP contribution in [0.4, 0.5) is 5.69 Å². The maximum Gasteiger partial charge on any atom is 0.339 e. The fourth-order valence-electron chi connectivity index (χ4n) is 2.43. The average molecular weight is 326 g/mol. The van der Waals surface area contributed by atoms with Crippen LogP contribution in [0, 0.1) is 0 Å². The minimum absolute atomic E-state index is 0.149. The van der Waals surface area contributed by atoms with Gasteiger partial charge in [-0.1, -0.05) is 24.9 Å². The molecule has 2 atom stereocenters. The minimum Gasteiger partial charge on any atom is -0.465 e. The van der Waals surface area contributed by atoms with Crippen LogP contribution in [0.25, 0.3) is 0 Å². The first-order valence-electron chi connectivity index (χ1n) is 7.25. The highest BCUT2D eigenvalue weighted by Crippen LogP contribution is 2.22. The second kappa shape index (κ2) is 7.58. The zero-order valence-corrected chi connectivity index (χ0v) is 13.4. The van der Waals surface area contributed by atoms with E-state index in [1.54, 1.807) is 12.1 Å². The quantitative estimate of drug-likeness (QED) is 0.722. The van der Waals surface area contributed by atoms with E-state index in [0.717, 1.165) is 19.3 Å². The van der Waals surface area contributed by atoms with Gasteiger partial charge in [-0.3, -0.25) is 10.2 Å². The normalized spacial score (nSPS) is 20.7. The highest BCUT2D eigenvalue weighted by Gasteiger charge is 2.28. The van der Waals surface area contributed by atoms with E-state index in [1.165, 1.54) is 13.2 Å². The van der Waals surface area contributed by atoms with E-state index in [1.807, 2.05) is 0 Å². The number of carbonyl (C=O) groups is 2. The van der Waals surface area contributed by atoms with E-state index >= 15 is 0 Å². The van der Waals surface area contributed by atoms with Gasteiger partial charge in [0.2, 0.25) is 5.91 Å². The van der Waals surface area contributed by atoms with Gasteiger partial charge < -0.3 is 10.1 Å². The van der Waals surface area contributed by atoms with Crippen molar-refractivity contribution in [1.82, 2.24) is 10.9 Å². The van der Waals surface area contributed by atoms with Gasteiger partial charge in [0.25, 0.3) is 0 Å². The number of benzene rings is 1. The third-order valence-corrected chi connectivity index (χ3v) is 3.90. The lowest BCUT2D eigenvalue weighted by atomic mass is 10.1. The molecule has 1 aromatic rings. The van der Waals surface area contributed by atoms with Crippen LogP contribution in [0.2, 0.25) is 5.02 Å². The van der Waals surface area contributed by atoms with Crippen LogP contribution in [0.3, 0.4) is 0 Å². The molecule has 0 bridgehead atoms. The van der Waals surface area contributed by atoms with Gasteiger partial charge in [0.1, 0.15) is 6.04 Å². The molecule has 1 aliphatic rings. The largest absolute Gasteiger partial charge is 0.465 e. The number of methoxy groups -OCH3 is 1. The van der Waals surface area contributed by atoms with Gasteiger partial charge in [0.05, 0.1) is 17.7 Å². The number of esters is 1. The topological polar surface area (TPSA) is 79.5 Å². The summed E-state index contributed by atoms with van der Waals surface area (Å²) in [5, 5.41) is 3.07. The Morgan fingerprint density at radius 3 is 2.86 bits per heavy atom. The number of amides is 1. The highest BCUT2D eigenvalue weighted by atomic mass is 35.5. The zero-order valence-electron chi connectivity index (χ0n) is 12.6. The number of hydrogen-bond acceptors (Lipinski definition) is 5. The number of ether oxygens (including phenoxy) is 1. The van der Waals surface area contributed by atoms with E-state index in [-0.39, 0.29) is 22.5 Å². The summed E-state index contributed by atoms with van der Waals surface area (Å²) in [7, 11) is 1.28. The predicted molar refractivity (Wildman–Crippen MR) is 84.8 cm³/mol. The first-order valence-corrected chi connectivity index (χ1v) is 7.62. The molecule has 0 spiro atoms. The summed E-state index contributed by atoms with van der Waals surface area (Å²) in [6, 6.07) is 4.73. The van der Waals surface area contributed by atoms with Crippen molar-refractivity contribution in [3.05, 3.63) is 28.8 Å². The molecule has 0 aliphatic carbocycles. The molecular weight excluding hydrogens is 306 g/mol. The van der Waals surface area contributed by atoms with E-state index in [0.29, 0.717) is 11.7 Å². The summed E-state index contributed by atoms with van der Waals surface area (Å²) in [6.45, 7) is 2.11. The fraction of sp³-hybridized carbons (Fsp3) is 0.467. The van der Waals surface area contributed by atoms with Gasteiger partial charge in [-0.05, 0) is 31.0 Å². The Balaban J connectivity index is 2.02. The van der Waals surface area contributed by atoms with Crippen molar-refractivity contribution in [1.29, 1.82) is 0 Å². The number of rotatable bonds is 5. The van der Waals surface area contributed by atoms with Crippen LogP contribution in [-0.2, 0) is 9.53 Å². The molecule has 2 rings (SSSR count). The van der Waals surface area contributed by atoms with Crippen molar-refractivity contribution in [3.8, 4) is 0 Å². The van der Waals surface area contributed by atoms with Crippen molar-refractivity contribution in [2.45, 2.75) is 38.3 Å². The molecule has 1 heterocycles. The molecule has 0 radical (unpaired) electrons. The summed E-state index contributed by atoms with van der Waals surface area (Å²) < 4.78 is 4.66. The maximum atomic E-state index is 12.2. The average Bonchev–Trinajstić information content (AvgIpc) is 2.97. The molecular formula is C15H20ClN3O3. The zero-order chi connectivity index (χ0) is 16.1. The Hall–Kier alpha value is -1.63. The van der Waals surface area contributed by atoms with Crippen molar-refractivity contribution in [3.63, 3.8) is 0 Å². The third kappa shape index (κ3) is 3.97. The smallest absolute Gasteiger partial charge is 0.339 e. The van der Waals surface area contributed by atoms with Crippen LogP contribution in [-0.4, -0.2) is 31.1 Å². The van der Waals surface area contributed by atoms with Crippen molar-refractivity contribution >= 4 is 29.2 Å². The Kier molecular flexibility index (Phi) is 5.76. The third-order valence-electron chi connectivity index (χ3n) is 3.57. The molecule has 1 aliphatic heterocycles. The summed E-state index contributed by atoms with van der Waals surface area (Å²) >= 11 is 5.95. The Labute approximate surface area is 134 Å². The molecule has 1 aromatic carbocycles. The first-order chi connectivity index (χ1) is 10.5. The number of nitrogens with one attached hydrogen (secondary N) is 3. The molecule has 1 fully saturated rings. The molecule has 1 amide bonds. The Morgan fingerprint density at radius 2 is 2.18 bits per heavy atom. The molecule has 7 heteroatoms. The van der Waals surface area contributed by atoms with Crippen LogP contribution < -0.4 is 16.2 Å². The van der Waals surface area contributed by atoms with E-state index in [9.17, 15) is 9.59 Å². The molecule has 0 aromatic heterocycles. The SMILES string of the molecule is CCCC1CC(C(=O)Nc2ccc(Cl)c(C(=O)OC)c2)NN1. The van der Waals surface area contributed by atoms with Crippen LogP contribution in [0.1, 0.15) is 36.5 Å². The Bertz CT molecular complexity index is 565. The molecule has 120 valence electrons. The van der Waals surface area contributed by atoms with Gasteiger partial charge >= 0.3 is 5.97 Å². The fourth-order valence-corrected chi connectivity index (χ4v) is 2.63. The standard InChI is InChI=1S/C15H20ClN3O3/c1-3-4-10-8-13(19-18-10)14(20)17-9-5-6-12(16)11(7-9)15(21)22-2/h5-7,10,13,18-19H,3-4,8H2,1-2H3,(H,17,20). The molecule has 22 heavy (non-hydrogen) atoms. The summed E-state index contributed by atoms with van der Waals surface area (Å²) in [5.74, 6) is -0.686. The predicted octanol–water partition coefficient (Wildman–Crippen LogP) is 2.10. The maximum absolute atomic E-state index is 12.2. The van der Waals surface area contributed by atoms with E-state index in [4.69, 9.17) is 11.6 Å². The van der Waals surface area contributed by atoms with Gasteiger partial charge in [-0.25, -0.2) is 10.2 Å². The number of hydrazine groups is 1. The number of anilines is 1. The molecule has 0 saturated carbocycles. The van der Waals surface area contributed by atoms with Crippen molar-refractivity contribution in [2.75, 3.05) is 12.4 Å². The molecule has 1 saturated heterocycles. The molecule has 6 nitrogen and oxygen atoms in total. The minimum atomic E-state index is -0.537. The number of halogens is 1. The Morgan fingerprint density at radius 1 is 1.41 bits per heavy atom. The summed E-state index contributed by atoms with van der Waals surface area (Å²) in [6.07, 6.45) is 2.81. The van der Waals surface area contributed by atoms with Crippen LogP contribution in [0.15, 0.2) is 18.2 Å². The second-order valence-corrected chi connectivity index (χ2v) is 5.65. The van der Waals surface area contributed by atoms with E-state index in [2.05, 4.69) is 27.8 Å². The van der Waals surface area contributed by atoms with Crippen LogP contribution >= 0.6 is 11.6 Å². The van der Waals surface area contributed by atoms with Crippen molar-refractivity contribution in [2.24, 2.45) is 0 Å². The number of carbonyl (C=O) groups excluding carboxylic acids is 2. The van der Waals surface area contributed by atoms with Gasteiger partial charge in [0, 0.05) is 11.7 Å². The van der Waals surface area contributed by atoms with Crippen LogP contribution in [0.5, 0.6) is 0 Å². The lowest BCUT2D eigenvalue weighted by Gasteiger charge is -2.12. The first kappa shape index (κ1) is 16.7. The summed E-state index contributed by atoms with van der Waals surface area (Å²) in [5.41, 5.74) is 6.84. The second-order valence-electron chi connectivity index (χ2n) is 5.24. The van der Waals surface area contributed by atoms with Gasteiger partial charge in [-0.15, -0.1) is 0 Å². The van der Waals surface area contributed by atoms with Gasteiger partial charge in [-0.2, -0.15) is 0 Å². The number of hydrogen-bond donors (Lipinski definition) is 3. The van der Waals surface area contributed by atoms with Gasteiger partial charge in [0.15, 0.2) is 0 Å². The monoisotopic (exact) mass is 325 g/mol. The summed E-state index contributed by atoms with van der Waals surface area (Å²) in [4.78, 5) is 23.8. The molecule has 3 N–H and O–H groups in total. The lowest BCUT2D eigenvalue weighted by Crippen LogP contribution is -2.40.